The molecule has 16 heavy (non-hydrogen) atoms. The van der Waals surface area contributed by atoms with Crippen LogP contribution >= 0.6 is 0 Å². The van der Waals surface area contributed by atoms with Crippen LogP contribution in [0.2, 0.25) is 0 Å². The van der Waals surface area contributed by atoms with Crippen molar-refractivity contribution in [2.45, 2.75) is 6.04 Å². The van der Waals surface area contributed by atoms with Gasteiger partial charge in [0.15, 0.2) is 5.82 Å². The van der Waals surface area contributed by atoms with E-state index in [1.807, 2.05) is 7.05 Å². The Hall–Kier alpha value is -1.36. The average Bonchev–Trinajstić information content (AvgIpc) is 2.21. The van der Waals surface area contributed by atoms with Crippen LogP contribution in [0.5, 0.6) is 5.75 Å². The zero-order valence-corrected chi connectivity index (χ0v) is 9.26. The van der Waals surface area contributed by atoms with Crippen molar-refractivity contribution in [3.8, 4) is 5.75 Å². The van der Waals surface area contributed by atoms with Gasteiger partial charge >= 0.3 is 0 Å². The number of ether oxygens (including phenoxy) is 1. The molecule has 1 atom stereocenters. The fourth-order valence-corrected chi connectivity index (χ4v) is 1.91. The van der Waals surface area contributed by atoms with Gasteiger partial charge in [0, 0.05) is 25.7 Å². The molecule has 3 nitrogen and oxygen atoms in total. The number of hydrogen-bond acceptors (Lipinski definition) is 3. The number of rotatable bonds is 2. The number of halogens is 2. The quantitative estimate of drug-likeness (QED) is 0.827. The lowest BCUT2D eigenvalue weighted by atomic mass is 10.1. The van der Waals surface area contributed by atoms with Crippen molar-refractivity contribution in [1.82, 2.24) is 5.32 Å². The van der Waals surface area contributed by atoms with E-state index in [0.29, 0.717) is 18.8 Å². The van der Waals surface area contributed by atoms with E-state index < -0.39 is 11.6 Å². The van der Waals surface area contributed by atoms with E-state index in [0.717, 1.165) is 6.07 Å². The highest BCUT2D eigenvalue weighted by Gasteiger charge is 2.27. The minimum Gasteiger partial charge on any atom is -0.489 e. The maximum Gasteiger partial charge on any atom is 0.153 e. The number of nitrogens with zero attached hydrogens (tertiary/aromatic N) is 1. The Morgan fingerprint density at radius 1 is 1.50 bits per heavy atom. The highest BCUT2D eigenvalue weighted by Crippen LogP contribution is 2.35. The fourth-order valence-electron chi connectivity index (χ4n) is 1.91. The minimum absolute atomic E-state index is 0.0532. The normalized spacial score (nSPS) is 19.2. The third-order valence-electron chi connectivity index (χ3n) is 2.76. The molecule has 2 rings (SSSR count). The van der Waals surface area contributed by atoms with Gasteiger partial charge in [-0.1, -0.05) is 0 Å². The third kappa shape index (κ3) is 1.82. The maximum atomic E-state index is 13.6. The monoisotopic (exact) mass is 228 g/mol. The van der Waals surface area contributed by atoms with Gasteiger partial charge in [0.1, 0.15) is 23.9 Å². The second-order valence-corrected chi connectivity index (χ2v) is 3.87. The Balaban J connectivity index is 2.36. The molecule has 0 aliphatic carbocycles. The number of likely N-dealkylation sites (N-methyl/N-ethyl adjacent to an activating group) is 2. The summed E-state index contributed by atoms with van der Waals surface area (Å²) in [6, 6.07) is 2.14. The Morgan fingerprint density at radius 3 is 2.94 bits per heavy atom. The Bertz CT molecular complexity index is 398. The molecule has 1 unspecified atom stereocenters. The molecule has 1 aromatic carbocycles. The molecule has 1 N–H and O–H groups in total. The summed E-state index contributed by atoms with van der Waals surface area (Å²) < 4.78 is 32.0. The van der Waals surface area contributed by atoms with E-state index in [1.54, 1.807) is 11.9 Å². The Labute approximate surface area is 93.0 Å². The second-order valence-electron chi connectivity index (χ2n) is 3.87. The van der Waals surface area contributed by atoms with Gasteiger partial charge in [-0.25, -0.2) is 8.78 Å². The second kappa shape index (κ2) is 4.25. The number of hydrogen-bond donors (Lipinski definition) is 1. The van der Waals surface area contributed by atoms with Crippen LogP contribution in [0.15, 0.2) is 12.1 Å². The minimum atomic E-state index is -0.614. The first-order valence-corrected chi connectivity index (χ1v) is 5.12. The molecule has 0 bridgehead atoms. The smallest absolute Gasteiger partial charge is 0.153 e. The predicted octanol–water partition coefficient (Wildman–Crippen LogP) is 1.38. The van der Waals surface area contributed by atoms with E-state index in [-0.39, 0.29) is 11.8 Å². The Morgan fingerprint density at radius 2 is 2.25 bits per heavy atom. The summed E-state index contributed by atoms with van der Waals surface area (Å²) >= 11 is 0. The molecule has 0 saturated carbocycles. The van der Waals surface area contributed by atoms with Crippen LogP contribution in [0.1, 0.15) is 0 Å². The number of nitrogens with one attached hydrogen (secondary N) is 1. The van der Waals surface area contributed by atoms with Crippen LogP contribution in [0, 0.1) is 11.6 Å². The summed E-state index contributed by atoms with van der Waals surface area (Å²) in [7, 11) is 3.61. The van der Waals surface area contributed by atoms with Crippen molar-refractivity contribution in [1.29, 1.82) is 0 Å². The summed E-state index contributed by atoms with van der Waals surface area (Å²) in [5, 5.41) is 3.01. The largest absolute Gasteiger partial charge is 0.489 e. The summed E-state index contributed by atoms with van der Waals surface area (Å²) in [6.45, 7) is 1.11. The zero-order chi connectivity index (χ0) is 11.7. The van der Waals surface area contributed by atoms with Crippen LogP contribution in [0.3, 0.4) is 0 Å². The zero-order valence-electron chi connectivity index (χ0n) is 9.26. The van der Waals surface area contributed by atoms with Crippen molar-refractivity contribution in [3.05, 3.63) is 23.8 Å². The van der Waals surface area contributed by atoms with Crippen molar-refractivity contribution < 1.29 is 13.5 Å². The lowest BCUT2D eigenvalue weighted by Crippen LogP contribution is -2.46. The molecule has 0 amide bonds. The molecular formula is C11H14F2N2O. The van der Waals surface area contributed by atoms with Crippen LogP contribution in [0.25, 0.3) is 0 Å². The molecule has 1 heterocycles. The van der Waals surface area contributed by atoms with Crippen LogP contribution < -0.4 is 15.0 Å². The highest BCUT2D eigenvalue weighted by atomic mass is 19.1. The first kappa shape index (κ1) is 11.1. The summed E-state index contributed by atoms with van der Waals surface area (Å²) in [4.78, 5) is 1.78. The summed E-state index contributed by atoms with van der Waals surface area (Å²) in [5.41, 5.74) is 0.327. The van der Waals surface area contributed by atoms with E-state index in [1.165, 1.54) is 6.07 Å². The molecule has 1 aromatic rings. The van der Waals surface area contributed by atoms with Crippen LogP contribution in [0.4, 0.5) is 14.5 Å². The van der Waals surface area contributed by atoms with Gasteiger partial charge in [-0.15, -0.1) is 0 Å². The molecule has 88 valence electrons. The van der Waals surface area contributed by atoms with Gasteiger partial charge in [-0.2, -0.15) is 0 Å². The lowest BCUT2D eigenvalue weighted by molar-refractivity contribution is 0.260. The molecule has 0 spiro atoms. The molecule has 5 heteroatoms. The first-order chi connectivity index (χ1) is 7.63. The van der Waals surface area contributed by atoms with Gasteiger partial charge in [0.25, 0.3) is 0 Å². The predicted molar refractivity (Wildman–Crippen MR) is 58.0 cm³/mol. The number of fused-ring (bicyclic) bond motifs is 1. The topological polar surface area (TPSA) is 24.5 Å². The van der Waals surface area contributed by atoms with Crippen LogP contribution in [-0.2, 0) is 0 Å². The van der Waals surface area contributed by atoms with Gasteiger partial charge in [0.2, 0.25) is 0 Å². The first-order valence-electron chi connectivity index (χ1n) is 5.12. The lowest BCUT2D eigenvalue weighted by Gasteiger charge is -2.35. The number of benzene rings is 1. The van der Waals surface area contributed by atoms with E-state index in [2.05, 4.69) is 5.32 Å². The summed E-state index contributed by atoms with van der Waals surface area (Å²) in [5.74, 6) is -0.928. The van der Waals surface area contributed by atoms with Gasteiger partial charge in [-0.05, 0) is 7.05 Å². The van der Waals surface area contributed by atoms with Crippen molar-refractivity contribution in [3.63, 3.8) is 0 Å². The highest BCUT2D eigenvalue weighted by molar-refractivity contribution is 5.61. The molecular weight excluding hydrogens is 214 g/mol. The fraction of sp³-hybridized carbons (Fsp3) is 0.455. The molecule has 0 fully saturated rings. The van der Waals surface area contributed by atoms with E-state index >= 15 is 0 Å². The Kier molecular flexibility index (Phi) is 2.96. The van der Waals surface area contributed by atoms with Crippen molar-refractivity contribution >= 4 is 5.69 Å². The molecule has 0 aromatic heterocycles. The van der Waals surface area contributed by atoms with Crippen molar-refractivity contribution in [2.75, 3.05) is 32.1 Å². The standard InChI is InChI=1S/C11H14F2N2O/c1-14-5-8-6-16-10-4-7(12)3-9(13)11(10)15(8)2/h3-4,8,14H,5-6H2,1-2H3. The van der Waals surface area contributed by atoms with Gasteiger partial charge in [0.05, 0.1) is 6.04 Å². The van der Waals surface area contributed by atoms with Crippen LogP contribution in [-0.4, -0.2) is 33.3 Å². The maximum absolute atomic E-state index is 13.6. The molecule has 1 aliphatic rings. The molecule has 1 aliphatic heterocycles. The van der Waals surface area contributed by atoms with Crippen molar-refractivity contribution in [2.24, 2.45) is 0 Å². The molecule has 0 radical (unpaired) electrons. The molecule has 0 saturated heterocycles. The van der Waals surface area contributed by atoms with E-state index in [9.17, 15) is 8.78 Å². The van der Waals surface area contributed by atoms with Gasteiger partial charge < -0.3 is 15.0 Å². The summed E-state index contributed by atoms with van der Waals surface area (Å²) in [6.07, 6.45) is 0. The number of anilines is 1. The SMILES string of the molecule is CNCC1COc2cc(F)cc(F)c2N1C. The van der Waals surface area contributed by atoms with Gasteiger partial charge in [-0.3, -0.25) is 0 Å². The van der Waals surface area contributed by atoms with E-state index in [4.69, 9.17) is 4.74 Å². The average molecular weight is 228 g/mol. The third-order valence-corrected chi connectivity index (χ3v) is 2.76.